The fourth-order valence-corrected chi connectivity index (χ4v) is 3.33. The number of aromatic nitrogens is 4. The van der Waals surface area contributed by atoms with E-state index < -0.39 is 0 Å². The summed E-state index contributed by atoms with van der Waals surface area (Å²) >= 11 is 0. The van der Waals surface area contributed by atoms with E-state index in [-0.39, 0.29) is 23.4 Å². The third-order valence-electron chi connectivity index (χ3n) is 5.38. The molecule has 2 aromatic heterocycles. The molecule has 166 valence electrons. The number of amides is 2. The van der Waals surface area contributed by atoms with Crippen molar-refractivity contribution in [3.63, 3.8) is 0 Å². The predicted octanol–water partition coefficient (Wildman–Crippen LogP) is 1.18. The quantitative estimate of drug-likeness (QED) is 0.625. The van der Waals surface area contributed by atoms with Crippen molar-refractivity contribution >= 4 is 11.8 Å². The number of rotatable bonds is 8. The Balaban J connectivity index is 1.96. The highest BCUT2D eigenvalue weighted by atomic mass is 16.2. The Labute approximate surface area is 178 Å². The summed E-state index contributed by atoms with van der Waals surface area (Å²) in [5.41, 5.74) is 8.05. The van der Waals surface area contributed by atoms with Crippen molar-refractivity contribution in [2.24, 2.45) is 14.1 Å². The lowest BCUT2D eigenvalue weighted by Gasteiger charge is -2.39. The number of nitrogens with one attached hydrogen (secondary N) is 2. The van der Waals surface area contributed by atoms with Crippen molar-refractivity contribution in [1.29, 1.82) is 0 Å². The number of carbonyl (C=O) groups is 2. The van der Waals surface area contributed by atoms with Crippen LogP contribution in [0.4, 0.5) is 0 Å². The molecule has 10 nitrogen and oxygen atoms in total. The van der Waals surface area contributed by atoms with E-state index in [9.17, 15) is 9.59 Å². The highest BCUT2D eigenvalue weighted by molar-refractivity contribution is 5.92. The first kappa shape index (κ1) is 23.6. The van der Waals surface area contributed by atoms with Gasteiger partial charge in [-0.1, -0.05) is 0 Å². The molecule has 0 spiro atoms. The zero-order valence-corrected chi connectivity index (χ0v) is 19.4. The van der Waals surface area contributed by atoms with Crippen LogP contribution in [0.1, 0.15) is 59.6 Å². The summed E-state index contributed by atoms with van der Waals surface area (Å²) in [4.78, 5) is 25.1. The van der Waals surface area contributed by atoms with Crippen LogP contribution >= 0.6 is 0 Å². The Kier molecular flexibility index (Phi) is 7.04. The van der Waals surface area contributed by atoms with Gasteiger partial charge in [0.25, 0.3) is 11.8 Å². The summed E-state index contributed by atoms with van der Waals surface area (Å²) in [7, 11) is 7.16. The minimum atomic E-state index is -0.370. The monoisotopic (exact) mass is 418 g/mol. The largest absolute Gasteiger partial charge is 0.283 e. The van der Waals surface area contributed by atoms with Gasteiger partial charge in [0.1, 0.15) is 11.4 Å². The average molecular weight is 419 g/mol. The van der Waals surface area contributed by atoms with Crippen molar-refractivity contribution in [1.82, 2.24) is 40.4 Å². The number of aryl methyl sites for hydroxylation is 4. The fourth-order valence-electron chi connectivity index (χ4n) is 3.33. The second kappa shape index (κ2) is 8.97. The van der Waals surface area contributed by atoms with E-state index in [0.29, 0.717) is 17.8 Å². The lowest BCUT2D eigenvalue weighted by molar-refractivity contribution is 0.0375. The molecule has 2 heterocycles. The molecular weight excluding hydrogens is 384 g/mol. The molecule has 0 saturated heterocycles. The van der Waals surface area contributed by atoms with Crippen LogP contribution in [0.25, 0.3) is 0 Å². The molecule has 10 heteroatoms. The second-order valence-corrected chi connectivity index (χ2v) is 8.51. The van der Waals surface area contributed by atoms with E-state index in [0.717, 1.165) is 11.4 Å². The molecule has 2 amide bonds. The summed E-state index contributed by atoms with van der Waals surface area (Å²) < 4.78 is 3.13. The lowest BCUT2D eigenvalue weighted by Crippen LogP contribution is -2.55. The number of hydrogen-bond donors (Lipinski definition) is 2. The van der Waals surface area contributed by atoms with Crippen LogP contribution in [-0.2, 0) is 14.1 Å². The van der Waals surface area contributed by atoms with Crippen LogP contribution in [0.15, 0.2) is 12.1 Å². The Hall–Kier alpha value is -2.72. The molecular formula is C20H34N8O2. The highest BCUT2D eigenvalue weighted by Crippen LogP contribution is 2.20. The first-order valence-corrected chi connectivity index (χ1v) is 9.91. The van der Waals surface area contributed by atoms with Crippen LogP contribution in [0.2, 0.25) is 0 Å². The molecule has 0 bridgehead atoms. The van der Waals surface area contributed by atoms with Crippen LogP contribution in [0, 0.1) is 13.8 Å². The Morgan fingerprint density at radius 1 is 1.00 bits per heavy atom. The maximum Gasteiger partial charge on any atom is 0.283 e. The first-order chi connectivity index (χ1) is 13.8. The van der Waals surface area contributed by atoms with E-state index in [1.165, 1.54) is 0 Å². The summed E-state index contributed by atoms with van der Waals surface area (Å²) in [5, 5.41) is 12.0. The molecule has 2 aromatic rings. The van der Waals surface area contributed by atoms with Crippen molar-refractivity contribution in [3.05, 3.63) is 34.9 Å². The van der Waals surface area contributed by atoms with Crippen molar-refractivity contribution in [3.8, 4) is 0 Å². The third-order valence-corrected chi connectivity index (χ3v) is 5.38. The van der Waals surface area contributed by atoms with E-state index in [1.54, 1.807) is 45.6 Å². The van der Waals surface area contributed by atoms with Gasteiger partial charge in [-0.2, -0.15) is 10.2 Å². The van der Waals surface area contributed by atoms with Crippen LogP contribution in [0.3, 0.4) is 0 Å². The van der Waals surface area contributed by atoms with Gasteiger partial charge in [0.15, 0.2) is 0 Å². The molecule has 0 aliphatic carbocycles. The molecule has 1 atom stereocenters. The average Bonchev–Trinajstić information content (AvgIpc) is 3.14. The summed E-state index contributed by atoms with van der Waals surface area (Å²) in [6.07, 6.45) is 0.690. The highest BCUT2D eigenvalue weighted by Gasteiger charge is 2.30. The molecule has 0 saturated carbocycles. The van der Waals surface area contributed by atoms with Gasteiger partial charge >= 0.3 is 0 Å². The molecule has 0 aromatic carbocycles. The Morgan fingerprint density at radius 3 is 1.83 bits per heavy atom. The third kappa shape index (κ3) is 5.45. The molecule has 0 fully saturated rings. The van der Waals surface area contributed by atoms with Crippen molar-refractivity contribution in [2.75, 3.05) is 14.1 Å². The summed E-state index contributed by atoms with van der Waals surface area (Å²) in [6, 6.07) is 3.51. The van der Waals surface area contributed by atoms with E-state index in [4.69, 9.17) is 0 Å². The van der Waals surface area contributed by atoms with Crippen molar-refractivity contribution < 1.29 is 9.59 Å². The first-order valence-electron chi connectivity index (χ1n) is 9.91. The molecule has 2 rings (SSSR count). The van der Waals surface area contributed by atoms with E-state index in [1.807, 2.05) is 48.7 Å². The Morgan fingerprint density at radius 2 is 1.43 bits per heavy atom. The van der Waals surface area contributed by atoms with Gasteiger partial charge in [-0.25, -0.2) is 10.0 Å². The fraction of sp³-hybridized carbons (Fsp3) is 0.600. The zero-order chi connectivity index (χ0) is 22.8. The molecule has 2 N–H and O–H groups in total. The molecule has 0 aliphatic rings. The smallest absolute Gasteiger partial charge is 0.283 e. The zero-order valence-electron chi connectivity index (χ0n) is 19.4. The van der Waals surface area contributed by atoms with Gasteiger partial charge in [0, 0.05) is 39.8 Å². The van der Waals surface area contributed by atoms with Gasteiger partial charge in [-0.05, 0) is 53.2 Å². The SMILES string of the molecule is Cc1cc(C(=O)NN(C)C(C)CC(C)(C)N(C)NC(=O)c2cc(C)nn2C)n(C)n1. The van der Waals surface area contributed by atoms with Gasteiger partial charge in [0.2, 0.25) is 0 Å². The van der Waals surface area contributed by atoms with Crippen LogP contribution in [0.5, 0.6) is 0 Å². The van der Waals surface area contributed by atoms with Crippen molar-refractivity contribution in [2.45, 2.75) is 52.6 Å². The number of hydrogen-bond acceptors (Lipinski definition) is 6. The van der Waals surface area contributed by atoms with Crippen LogP contribution in [-0.4, -0.2) is 67.1 Å². The van der Waals surface area contributed by atoms with Gasteiger partial charge < -0.3 is 0 Å². The van der Waals surface area contributed by atoms with Gasteiger partial charge in [0.05, 0.1) is 11.4 Å². The minimum Gasteiger partial charge on any atom is -0.283 e. The maximum absolute atomic E-state index is 12.6. The topological polar surface area (TPSA) is 100 Å². The Bertz CT molecular complexity index is 914. The van der Waals surface area contributed by atoms with Gasteiger partial charge in [-0.15, -0.1) is 0 Å². The number of hydrazine groups is 2. The summed E-state index contributed by atoms with van der Waals surface area (Å²) in [6.45, 7) is 9.80. The molecule has 0 aliphatic heterocycles. The minimum absolute atomic E-state index is 0.0107. The van der Waals surface area contributed by atoms with Crippen LogP contribution < -0.4 is 10.9 Å². The normalized spacial score (nSPS) is 13.0. The number of carbonyl (C=O) groups excluding carboxylic acids is 2. The van der Waals surface area contributed by atoms with Gasteiger partial charge in [-0.3, -0.25) is 29.8 Å². The lowest BCUT2D eigenvalue weighted by atomic mass is 9.95. The standard InChI is InChI=1S/C20H34N8O2/c1-13-10-16(26(7)21-13)18(29)23-25(6)15(3)12-20(4,5)28(9)24-19(30)17-11-14(2)22-27(17)8/h10-11,15H,12H2,1-9H3,(H,23,29)(H,24,30). The molecule has 0 radical (unpaired) electrons. The second-order valence-electron chi connectivity index (χ2n) is 8.51. The predicted molar refractivity (Wildman–Crippen MR) is 115 cm³/mol. The van der Waals surface area contributed by atoms with E-state index in [2.05, 4.69) is 21.0 Å². The maximum atomic E-state index is 12.6. The summed E-state index contributed by atoms with van der Waals surface area (Å²) in [5.74, 6) is -0.423. The molecule has 1 unspecified atom stereocenters. The van der Waals surface area contributed by atoms with E-state index >= 15 is 0 Å². The number of nitrogens with zero attached hydrogens (tertiary/aromatic N) is 6. The molecule has 30 heavy (non-hydrogen) atoms.